The highest BCUT2D eigenvalue weighted by Crippen LogP contribution is 2.28. The lowest BCUT2D eigenvalue weighted by Crippen LogP contribution is -2.56. The average Bonchev–Trinajstić information content (AvgIpc) is 3.01. The molecule has 0 N–H and O–H groups in total. The summed E-state index contributed by atoms with van der Waals surface area (Å²) in [6, 6.07) is 6.48. The van der Waals surface area contributed by atoms with Crippen LogP contribution in [-0.4, -0.2) is 54.7 Å². The number of hydrogen-bond acceptors (Lipinski definition) is 6. The second-order valence-corrected chi connectivity index (χ2v) is 6.23. The number of oxazole rings is 1. The van der Waals surface area contributed by atoms with Gasteiger partial charge in [-0.25, -0.2) is 4.79 Å². The molecule has 1 aliphatic heterocycles. The number of rotatable bonds is 4. The molecule has 3 rings (SSSR count). The summed E-state index contributed by atoms with van der Waals surface area (Å²) in [4.78, 5) is 21.0. The summed E-state index contributed by atoms with van der Waals surface area (Å²) in [5.41, 5.74) is 1.57. The van der Waals surface area contributed by atoms with Gasteiger partial charge in [-0.2, -0.15) is 4.98 Å². The van der Waals surface area contributed by atoms with E-state index in [0.717, 1.165) is 19.6 Å². The third-order valence-electron chi connectivity index (χ3n) is 4.54. The van der Waals surface area contributed by atoms with E-state index < -0.39 is 5.97 Å². The van der Waals surface area contributed by atoms with Gasteiger partial charge >= 0.3 is 5.97 Å². The van der Waals surface area contributed by atoms with Gasteiger partial charge < -0.3 is 14.1 Å². The topological polar surface area (TPSA) is 58.8 Å². The molecule has 0 saturated carbocycles. The maximum atomic E-state index is 11.9. The predicted molar refractivity (Wildman–Crippen MR) is 93.4 cm³/mol. The number of hydrogen-bond donors (Lipinski definition) is 0. The molecule has 128 valence electrons. The molecule has 1 aromatic carbocycles. The molecule has 1 fully saturated rings. The molecule has 2 heterocycles. The molecule has 0 amide bonds. The molecule has 2 atom stereocenters. The third-order valence-corrected chi connectivity index (χ3v) is 4.54. The number of carbonyl (C=O) groups excluding carboxylic acids is 1. The van der Waals surface area contributed by atoms with Gasteiger partial charge in [0, 0.05) is 31.7 Å². The zero-order valence-electron chi connectivity index (χ0n) is 14.4. The maximum absolute atomic E-state index is 11.9. The van der Waals surface area contributed by atoms with Crippen molar-refractivity contribution in [1.82, 2.24) is 9.88 Å². The normalized spacial score (nSPS) is 21.9. The number of methoxy groups -OCH3 is 1. The first-order valence-corrected chi connectivity index (χ1v) is 8.14. The predicted octanol–water partition coefficient (Wildman–Crippen LogP) is 2.70. The Labute approximate surface area is 141 Å². The fourth-order valence-electron chi connectivity index (χ4n) is 3.22. The monoisotopic (exact) mass is 329 g/mol. The van der Waals surface area contributed by atoms with Crippen LogP contribution >= 0.6 is 0 Å². The van der Waals surface area contributed by atoms with Crippen LogP contribution in [0.5, 0.6) is 0 Å². The van der Waals surface area contributed by atoms with Gasteiger partial charge in [-0.3, -0.25) is 4.90 Å². The van der Waals surface area contributed by atoms with Gasteiger partial charge in [0.05, 0.1) is 12.7 Å². The zero-order chi connectivity index (χ0) is 17.3. The van der Waals surface area contributed by atoms with Crippen LogP contribution in [0.4, 0.5) is 6.01 Å². The van der Waals surface area contributed by atoms with Crippen molar-refractivity contribution in [3.63, 3.8) is 0 Å². The van der Waals surface area contributed by atoms with Gasteiger partial charge in [0.2, 0.25) is 0 Å². The number of fused-ring (bicyclic) bond motifs is 1. The van der Waals surface area contributed by atoms with E-state index >= 15 is 0 Å². The lowest BCUT2D eigenvalue weighted by molar-refractivity contribution is 0.0602. The Morgan fingerprint density at radius 2 is 2.21 bits per heavy atom. The second-order valence-electron chi connectivity index (χ2n) is 6.23. The van der Waals surface area contributed by atoms with Crippen molar-refractivity contribution in [3.8, 4) is 0 Å². The Balaban J connectivity index is 1.92. The van der Waals surface area contributed by atoms with E-state index in [4.69, 9.17) is 9.15 Å². The first-order valence-electron chi connectivity index (χ1n) is 8.14. The number of aromatic nitrogens is 1. The fraction of sp³-hybridized carbons (Fsp3) is 0.444. The van der Waals surface area contributed by atoms with Crippen molar-refractivity contribution in [2.75, 3.05) is 31.6 Å². The van der Waals surface area contributed by atoms with E-state index in [1.165, 1.54) is 7.11 Å². The molecule has 0 radical (unpaired) electrons. The highest BCUT2D eigenvalue weighted by atomic mass is 16.5. The Kier molecular flexibility index (Phi) is 4.57. The minimum atomic E-state index is -0.405. The summed E-state index contributed by atoms with van der Waals surface area (Å²) in [5.74, 6) is -0.405. The molecule has 1 saturated heterocycles. The highest BCUT2D eigenvalue weighted by molar-refractivity contribution is 6.01. The lowest BCUT2D eigenvalue weighted by Gasteiger charge is -2.43. The van der Waals surface area contributed by atoms with Crippen molar-refractivity contribution < 1.29 is 13.9 Å². The zero-order valence-corrected chi connectivity index (χ0v) is 14.4. The van der Waals surface area contributed by atoms with Crippen LogP contribution in [0.2, 0.25) is 0 Å². The molecule has 0 spiro atoms. The van der Waals surface area contributed by atoms with Crippen molar-refractivity contribution in [3.05, 3.63) is 36.4 Å². The quantitative estimate of drug-likeness (QED) is 0.635. The molecular weight excluding hydrogens is 306 g/mol. The van der Waals surface area contributed by atoms with Crippen LogP contribution in [-0.2, 0) is 4.74 Å². The van der Waals surface area contributed by atoms with Crippen molar-refractivity contribution >= 4 is 23.1 Å². The Morgan fingerprint density at radius 1 is 1.42 bits per heavy atom. The number of benzene rings is 1. The third kappa shape index (κ3) is 2.89. The summed E-state index contributed by atoms with van der Waals surface area (Å²) >= 11 is 0. The van der Waals surface area contributed by atoms with E-state index in [1.54, 1.807) is 12.1 Å². The van der Waals surface area contributed by atoms with E-state index in [-0.39, 0.29) is 6.04 Å². The van der Waals surface area contributed by atoms with E-state index in [1.807, 2.05) is 12.1 Å². The van der Waals surface area contributed by atoms with Crippen LogP contribution in [0.1, 0.15) is 24.2 Å². The largest absolute Gasteiger partial charge is 0.465 e. The molecule has 24 heavy (non-hydrogen) atoms. The minimum absolute atomic E-state index is 0.260. The summed E-state index contributed by atoms with van der Waals surface area (Å²) < 4.78 is 10.8. The smallest absolute Gasteiger partial charge is 0.340 e. The van der Waals surface area contributed by atoms with E-state index in [9.17, 15) is 4.79 Å². The number of nitrogens with zero attached hydrogens (tertiary/aromatic N) is 3. The molecule has 0 aliphatic carbocycles. The summed E-state index contributed by atoms with van der Waals surface area (Å²) in [5, 5.41) is 0. The molecular formula is C18H23N3O3. The van der Waals surface area contributed by atoms with Crippen LogP contribution in [0.3, 0.4) is 0 Å². The molecule has 6 heteroatoms. The molecule has 2 aromatic rings. The lowest BCUT2D eigenvalue weighted by atomic mass is 10.1. The van der Waals surface area contributed by atoms with Crippen LogP contribution < -0.4 is 4.90 Å². The Morgan fingerprint density at radius 3 is 2.92 bits per heavy atom. The van der Waals surface area contributed by atoms with Gasteiger partial charge in [0.25, 0.3) is 6.01 Å². The Bertz CT molecular complexity index is 755. The minimum Gasteiger partial charge on any atom is -0.465 e. The van der Waals surface area contributed by atoms with Crippen LogP contribution in [0.15, 0.2) is 35.3 Å². The van der Waals surface area contributed by atoms with Gasteiger partial charge in [0.15, 0.2) is 5.58 Å². The SMILES string of the molecule is C=CCN1C[C@H](C)N(c2nc3c(C(=O)OC)cccc3o2)C[C@H]1C. The van der Waals surface area contributed by atoms with Crippen molar-refractivity contribution in [2.45, 2.75) is 25.9 Å². The number of anilines is 1. The van der Waals surface area contributed by atoms with Crippen molar-refractivity contribution in [2.24, 2.45) is 0 Å². The number of para-hydroxylation sites is 1. The maximum Gasteiger partial charge on any atom is 0.340 e. The molecule has 1 aromatic heterocycles. The Hall–Kier alpha value is -2.34. The number of ether oxygens (including phenoxy) is 1. The highest BCUT2D eigenvalue weighted by Gasteiger charge is 2.31. The standard InChI is InChI=1S/C18H23N3O3/c1-5-9-20-10-13(3)21(11-12(20)2)18-19-16-14(17(22)23-4)7-6-8-15(16)24-18/h5-8,12-13H,1,9-11H2,2-4H3/t12-,13+/m1/s1. The van der Waals surface area contributed by atoms with Crippen LogP contribution in [0, 0.1) is 0 Å². The number of esters is 1. The van der Waals surface area contributed by atoms with E-state index in [2.05, 4.69) is 35.2 Å². The van der Waals surface area contributed by atoms with Gasteiger partial charge in [-0.1, -0.05) is 12.1 Å². The molecule has 6 nitrogen and oxygen atoms in total. The molecule has 1 aliphatic rings. The van der Waals surface area contributed by atoms with Crippen molar-refractivity contribution in [1.29, 1.82) is 0 Å². The van der Waals surface area contributed by atoms with E-state index in [0.29, 0.717) is 28.7 Å². The summed E-state index contributed by atoms with van der Waals surface area (Å²) in [6.45, 7) is 10.8. The first-order chi connectivity index (χ1) is 11.5. The van der Waals surface area contributed by atoms with Gasteiger partial charge in [-0.05, 0) is 26.0 Å². The number of piperazine rings is 1. The molecule has 0 bridgehead atoms. The summed E-state index contributed by atoms with van der Waals surface area (Å²) in [7, 11) is 1.37. The fourth-order valence-corrected chi connectivity index (χ4v) is 3.22. The second kappa shape index (κ2) is 6.65. The van der Waals surface area contributed by atoms with Gasteiger partial charge in [-0.15, -0.1) is 6.58 Å². The van der Waals surface area contributed by atoms with Crippen LogP contribution in [0.25, 0.3) is 11.1 Å². The molecule has 0 unspecified atom stereocenters. The first kappa shape index (κ1) is 16.5. The van der Waals surface area contributed by atoms with Gasteiger partial charge in [0.1, 0.15) is 5.52 Å². The summed E-state index contributed by atoms with van der Waals surface area (Å²) in [6.07, 6.45) is 1.93. The number of carbonyl (C=O) groups is 1. The average molecular weight is 329 g/mol.